The average Bonchev–Trinajstić information content (AvgIpc) is 3.11. The molecule has 1 aromatic carbocycles. The quantitative estimate of drug-likeness (QED) is 0.650. The van der Waals surface area contributed by atoms with Crippen LogP contribution in [-0.2, 0) is 11.2 Å². The molecule has 29 heavy (non-hydrogen) atoms. The van der Waals surface area contributed by atoms with Crippen LogP contribution in [0.2, 0.25) is 10.0 Å². The third-order valence-corrected chi connectivity index (χ3v) is 5.54. The number of hydrogen-bond donors (Lipinski definition) is 2. The first-order valence-electron chi connectivity index (χ1n) is 9.37. The highest BCUT2D eigenvalue weighted by atomic mass is 35.5. The van der Waals surface area contributed by atoms with Gasteiger partial charge in [0.25, 0.3) is 5.91 Å². The van der Waals surface area contributed by atoms with Gasteiger partial charge < -0.3 is 5.32 Å². The van der Waals surface area contributed by atoms with Crippen molar-refractivity contribution in [3.63, 3.8) is 0 Å². The molecular weight excluding hydrogens is 415 g/mol. The van der Waals surface area contributed by atoms with Gasteiger partial charge in [-0.3, -0.25) is 24.4 Å². The predicted molar refractivity (Wildman–Crippen MR) is 111 cm³/mol. The summed E-state index contributed by atoms with van der Waals surface area (Å²) in [4.78, 5) is 38.7. The lowest BCUT2D eigenvalue weighted by molar-refractivity contribution is -0.118. The summed E-state index contributed by atoms with van der Waals surface area (Å²) in [6, 6.07) is 4.88. The number of aromatic amines is 1. The second-order valence-corrected chi connectivity index (χ2v) is 8.01. The van der Waals surface area contributed by atoms with Crippen molar-refractivity contribution in [2.75, 3.05) is 19.6 Å². The summed E-state index contributed by atoms with van der Waals surface area (Å²) in [7, 11) is 0. The zero-order valence-corrected chi connectivity index (χ0v) is 17.5. The Hall–Kier alpha value is -2.22. The van der Waals surface area contributed by atoms with Crippen LogP contribution in [0.15, 0.2) is 24.4 Å². The number of likely N-dealkylation sites (tertiary alicyclic amines) is 1. The number of carbonyl (C=O) groups is 3. The fourth-order valence-corrected chi connectivity index (χ4v) is 4.08. The number of halogens is 2. The number of nitrogens with zero attached hydrogens (tertiary/aromatic N) is 2. The van der Waals surface area contributed by atoms with E-state index in [1.54, 1.807) is 25.1 Å². The molecule has 0 unspecified atom stereocenters. The van der Waals surface area contributed by atoms with E-state index in [1.807, 2.05) is 0 Å². The predicted octanol–water partition coefficient (Wildman–Crippen LogP) is 2.93. The van der Waals surface area contributed by atoms with Crippen LogP contribution in [0.1, 0.15) is 46.2 Å². The van der Waals surface area contributed by atoms with Crippen LogP contribution in [0.5, 0.6) is 0 Å². The highest BCUT2D eigenvalue weighted by Gasteiger charge is 2.24. The number of nitrogens with one attached hydrogen (secondary N) is 2. The van der Waals surface area contributed by atoms with E-state index in [2.05, 4.69) is 20.4 Å². The normalized spacial score (nSPS) is 15.3. The first kappa shape index (κ1) is 21.5. The van der Waals surface area contributed by atoms with Gasteiger partial charge in [0.15, 0.2) is 5.78 Å². The molecule has 9 heteroatoms. The summed E-state index contributed by atoms with van der Waals surface area (Å²) in [6.07, 6.45) is 2.94. The molecular formula is C20H22Cl2N4O3. The van der Waals surface area contributed by atoms with Gasteiger partial charge in [0.05, 0.1) is 28.4 Å². The molecule has 1 aliphatic rings. The highest BCUT2D eigenvalue weighted by molar-refractivity contribution is 6.39. The lowest BCUT2D eigenvalue weighted by atomic mass is 10.0. The average molecular weight is 437 g/mol. The molecule has 1 fully saturated rings. The number of hydrogen-bond acceptors (Lipinski definition) is 5. The van der Waals surface area contributed by atoms with Gasteiger partial charge in [-0.05, 0) is 31.9 Å². The van der Waals surface area contributed by atoms with Gasteiger partial charge in [-0.15, -0.1) is 0 Å². The van der Waals surface area contributed by atoms with Crippen molar-refractivity contribution in [1.82, 2.24) is 20.4 Å². The van der Waals surface area contributed by atoms with Gasteiger partial charge in [0.2, 0.25) is 0 Å². The molecule has 1 amide bonds. The monoisotopic (exact) mass is 436 g/mol. The second-order valence-electron chi connectivity index (χ2n) is 7.19. The number of aromatic nitrogens is 2. The Morgan fingerprint density at radius 3 is 2.48 bits per heavy atom. The summed E-state index contributed by atoms with van der Waals surface area (Å²) in [6.45, 7) is 3.52. The molecule has 154 valence electrons. The van der Waals surface area contributed by atoms with Crippen LogP contribution in [0.3, 0.4) is 0 Å². The number of benzene rings is 1. The minimum Gasteiger partial charge on any atom is -0.348 e. The minimum absolute atomic E-state index is 0.00979. The number of piperidine rings is 1. The van der Waals surface area contributed by atoms with Crippen molar-refractivity contribution in [3.05, 3.63) is 51.3 Å². The van der Waals surface area contributed by atoms with E-state index >= 15 is 0 Å². The Balaban J connectivity index is 1.62. The molecule has 0 spiro atoms. The number of carbonyl (C=O) groups excluding carboxylic acids is 3. The van der Waals surface area contributed by atoms with Gasteiger partial charge in [0, 0.05) is 31.1 Å². The number of Topliss-reactive ketones (excluding diaryl/α,β-unsaturated/α-hetero) is 2. The number of rotatable bonds is 7. The Morgan fingerprint density at radius 1 is 1.21 bits per heavy atom. The molecule has 1 saturated heterocycles. The van der Waals surface area contributed by atoms with E-state index in [0.29, 0.717) is 12.1 Å². The SMILES string of the molecule is CC(=O)CN1CCC(NC(=O)c2[nH]ncc2CC(=O)c2c(Cl)cccc2Cl)CC1. The van der Waals surface area contributed by atoms with E-state index in [9.17, 15) is 14.4 Å². The lowest BCUT2D eigenvalue weighted by Gasteiger charge is -2.31. The van der Waals surface area contributed by atoms with Gasteiger partial charge in [-0.25, -0.2) is 0 Å². The van der Waals surface area contributed by atoms with Gasteiger partial charge >= 0.3 is 0 Å². The van der Waals surface area contributed by atoms with Crippen molar-refractivity contribution < 1.29 is 14.4 Å². The fourth-order valence-electron chi connectivity index (χ4n) is 3.48. The van der Waals surface area contributed by atoms with Crippen LogP contribution in [0.25, 0.3) is 0 Å². The van der Waals surface area contributed by atoms with Crippen molar-refractivity contribution in [2.24, 2.45) is 0 Å². The van der Waals surface area contributed by atoms with Gasteiger partial charge in [0.1, 0.15) is 11.5 Å². The second kappa shape index (κ2) is 9.52. The molecule has 0 saturated carbocycles. The Kier molecular flexibility index (Phi) is 7.05. The number of H-pyrrole nitrogens is 1. The fraction of sp³-hybridized carbons (Fsp3) is 0.400. The van der Waals surface area contributed by atoms with Crippen molar-refractivity contribution in [2.45, 2.75) is 32.2 Å². The van der Waals surface area contributed by atoms with Crippen LogP contribution >= 0.6 is 23.2 Å². The van der Waals surface area contributed by atoms with E-state index < -0.39 is 0 Å². The van der Waals surface area contributed by atoms with Gasteiger partial charge in [-0.2, -0.15) is 5.10 Å². The summed E-state index contributed by atoms with van der Waals surface area (Å²) >= 11 is 12.2. The van der Waals surface area contributed by atoms with E-state index in [-0.39, 0.29) is 51.2 Å². The molecule has 0 atom stereocenters. The largest absolute Gasteiger partial charge is 0.348 e. The topological polar surface area (TPSA) is 95.2 Å². The smallest absolute Gasteiger partial charge is 0.269 e. The van der Waals surface area contributed by atoms with E-state index in [1.165, 1.54) is 6.20 Å². The molecule has 0 aliphatic carbocycles. The Labute approximate surface area is 178 Å². The summed E-state index contributed by atoms with van der Waals surface area (Å²) in [5, 5.41) is 10.1. The molecule has 2 aromatic rings. The maximum atomic E-state index is 12.7. The van der Waals surface area contributed by atoms with E-state index in [0.717, 1.165) is 25.9 Å². The zero-order chi connectivity index (χ0) is 21.0. The Morgan fingerprint density at radius 2 is 1.86 bits per heavy atom. The molecule has 0 bridgehead atoms. The maximum absolute atomic E-state index is 12.7. The lowest BCUT2D eigenvalue weighted by Crippen LogP contribution is -2.45. The van der Waals surface area contributed by atoms with Crippen LogP contribution < -0.4 is 5.32 Å². The standard InChI is InChI=1S/C20H22Cl2N4O3/c1-12(27)11-26-7-5-14(6-8-26)24-20(29)19-13(10-23-25-19)9-17(28)18-15(21)3-2-4-16(18)22/h2-4,10,14H,5-9,11H2,1H3,(H,23,25)(H,24,29). The Bertz CT molecular complexity index is 900. The zero-order valence-electron chi connectivity index (χ0n) is 16.0. The molecule has 0 radical (unpaired) electrons. The number of amides is 1. The number of ketones is 2. The van der Waals surface area contributed by atoms with Crippen molar-refractivity contribution >= 4 is 40.7 Å². The van der Waals surface area contributed by atoms with Crippen LogP contribution in [0.4, 0.5) is 0 Å². The summed E-state index contributed by atoms with van der Waals surface area (Å²) in [5.74, 6) is -0.452. The third kappa shape index (κ3) is 5.44. The summed E-state index contributed by atoms with van der Waals surface area (Å²) in [5.41, 5.74) is 0.978. The highest BCUT2D eigenvalue weighted by Crippen LogP contribution is 2.26. The molecule has 3 rings (SSSR count). The van der Waals surface area contributed by atoms with Crippen molar-refractivity contribution in [3.8, 4) is 0 Å². The first-order valence-corrected chi connectivity index (χ1v) is 10.1. The minimum atomic E-state index is -0.305. The van der Waals surface area contributed by atoms with Crippen molar-refractivity contribution in [1.29, 1.82) is 0 Å². The molecule has 1 aromatic heterocycles. The third-order valence-electron chi connectivity index (χ3n) is 4.91. The molecule has 7 nitrogen and oxygen atoms in total. The molecule has 2 N–H and O–H groups in total. The molecule has 1 aliphatic heterocycles. The van der Waals surface area contributed by atoms with Gasteiger partial charge in [-0.1, -0.05) is 29.3 Å². The summed E-state index contributed by atoms with van der Waals surface area (Å²) < 4.78 is 0. The van der Waals surface area contributed by atoms with Crippen LogP contribution in [0, 0.1) is 0 Å². The van der Waals surface area contributed by atoms with Crippen LogP contribution in [-0.4, -0.2) is 58.2 Å². The first-order chi connectivity index (χ1) is 13.8. The van der Waals surface area contributed by atoms with E-state index in [4.69, 9.17) is 23.2 Å². The molecule has 2 heterocycles. The maximum Gasteiger partial charge on any atom is 0.269 e.